The van der Waals surface area contributed by atoms with Gasteiger partial charge in [0.05, 0.1) is 0 Å². The van der Waals surface area contributed by atoms with Gasteiger partial charge in [-0.2, -0.15) is 0 Å². The van der Waals surface area contributed by atoms with Crippen LogP contribution >= 0.6 is 0 Å². The van der Waals surface area contributed by atoms with Gasteiger partial charge in [0.2, 0.25) is 0 Å². The normalized spacial score (nSPS) is 29.7. The highest BCUT2D eigenvalue weighted by Crippen LogP contribution is 2.48. The summed E-state index contributed by atoms with van der Waals surface area (Å²) < 4.78 is 11.6. The number of esters is 2. The summed E-state index contributed by atoms with van der Waals surface area (Å²) in [4.78, 5) is 25.4. The molecule has 1 unspecified atom stereocenters. The first-order valence-corrected chi connectivity index (χ1v) is 19.4. The van der Waals surface area contributed by atoms with Crippen LogP contribution in [0.5, 0.6) is 11.5 Å². The van der Waals surface area contributed by atoms with Gasteiger partial charge in [0.15, 0.2) is 0 Å². The number of ether oxygens (including phenoxy) is 2. The van der Waals surface area contributed by atoms with E-state index < -0.39 is 0 Å². The van der Waals surface area contributed by atoms with E-state index in [1.165, 1.54) is 73.6 Å². The Balaban J connectivity index is 0.883. The Hall–Kier alpha value is -2.70. The molecule has 4 bridgehead atoms. The predicted octanol–water partition coefficient (Wildman–Crippen LogP) is 8.76. The van der Waals surface area contributed by atoms with Crippen LogP contribution in [0, 0.1) is 11.8 Å². The van der Waals surface area contributed by atoms with Crippen molar-refractivity contribution in [3.8, 4) is 11.5 Å². The molecule has 0 spiro atoms. The molecule has 2 aromatic rings. The van der Waals surface area contributed by atoms with E-state index in [0.29, 0.717) is 36.2 Å². The largest absolute Gasteiger partial charge is 0.427 e. The SMILES string of the molecule is C[C@@]12CCCCCC(Cc3ccc(OC(=O)CCCCCCCCC(=O)Oc4ccc5c(c4)[C@@]4(C)CCCCC[C@@H](C5)[C@@H]4N)cc31)[C@@H]2N. The summed E-state index contributed by atoms with van der Waals surface area (Å²) in [7, 11) is 0. The highest BCUT2D eigenvalue weighted by Gasteiger charge is 2.45. The molecule has 0 heterocycles. The van der Waals surface area contributed by atoms with Gasteiger partial charge < -0.3 is 20.9 Å². The second-order valence-electron chi connectivity index (χ2n) is 16.2. The number of hydrogen-bond donors (Lipinski definition) is 2. The Morgan fingerprint density at radius 2 is 1.04 bits per heavy atom. The van der Waals surface area contributed by atoms with Gasteiger partial charge in [0, 0.05) is 35.8 Å². The van der Waals surface area contributed by atoms with E-state index in [4.69, 9.17) is 20.9 Å². The van der Waals surface area contributed by atoms with Crippen molar-refractivity contribution in [3.63, 3.8) is 0 Å². The van der Waals surface area contributed by atoms with Crippen LogP contribution in [0.15, 0.2) is 36.4 Å². The standard InChI is InChI=1S/C42H60N2O4/c1-41-23-13-7-9-15-31(39(41)43)25-29-19-21-33(27-35(29)41)47-37(45)17-11-5-3-4-6-12-18-38(46)48-34-22-20-30-26-32-16-10-8-14-24-42(2,40(32)44)36(30)28-34/h19-22,27-28,31-32,39-40H,3-18,23-26,43-44H2,1-2H3/t31-,32?,39-,40-,41+,42+/m0/s1. The van der Waals surface area contributed by atoms with Crippen molar-refractivity contribution in [2.45, 2.75) is 165 Å². The van der Waals surface area contributed by atoms with Crippen molar-refractivity contribution >= 4 is 11.9 Å². The summed E-state index contributed by atoms with van der Waals surface area (Å²) in [6, 6.07) is 12.8. The average molecular weight is 657 g/mol. The zero-order chi connectivity index (χ0) is 33.7. The maximum Gasteiger partial charge on any atom is 0.311 e. The van der Waals surface area contributed by atoms with E-state index in [2.05, 4.69) is 38.1 Å². The fourth-order valence-corrected chi connectivity index (χ4v) is 9.80. The van der Waals surface area contributed by atoms with Gasteiger partial charge in [-0.05, 0) is 110 Å². The quantitative estimate of drug-likeness (QED) is 0.142. The average Bonchev–Trinajstić information content (AvgIpc) is 3.06. The molecular formula is C42H60N2O4. The smallest absolute Gasteiger partial charge is 0.311 e. The minimum Gasteiger partial charge on any atom is -0.427 e. The number of nitrogens with two attached hydrogens (primary N) is 2. The van der Waals surface area contributed by atoms with Crippen LogP contribution in [0.25, 0.3) is 0 Å². The highest BCUT2D eigenvalue weighted by molar-refractivity contribution is 5.73. The lowest BCUT2D eigenvalue weighted by molar-refractivity contribution is -0.135. The van der Waals surface area contributed by atoms with Crippen LogP contribution in [0.1, 0.15) is 152 Å². The number of fused-ring (bicyclic) bond motifs is 8. The van der Waals surface area contributed by atoms with Gasteiger partial charge in [-0.1, -0.05) is 90.2 Å². The van der Waals surface area contributed by atoms with E-state index in [1.807, 2.05) is 12.1 Å². The zero-order valence-electron chi connectivity index (χ0n) is 29.7. The first-order valence-electron chi connectivity index (χ1n) is 19.4. The predicted molar refractivity (Wildman–Crippen MR) is 192 cm³/mol. The van der Waals surface area contributed by atoms with Crippen LogP contribution in [0.4, 0.5) is 0 Å². The number of carbonyl (C=O) groups excluding carboxylic acids is 2. The number of hydrogen-bond acceptors (Lipinski definition) is 6. The van der Waals surface area contributed by atoms with E-state index >= 15 is 0 Å². The van der Waals surface area contributed by atoms with Crippen LogP contribution in [-0.2, 0) is 33.3 Å². The lowest BCUT2D eigenvalue weighted by Crippen LogP contribution is -2.52. The number of benzene rings is 2. The summed E-state index contributed by atoms with van der Waals surface area (Å²) in [6.07, 6.45) is 20.7. The van der Waals surface area contributed by atoms with Crippen LogP contribution in [-0.4, -0.2) is 24.0 Å². The molecule has 262 valence electrons. The van der Waals surface area contributed by atoms with E-state index in [-0.39, 0.29) is 34.9 Å². The topological polar surface area (TPSA) is 105 Å². The molecule has 2 aromatic carbocycles. The molecule has 6 nitrogen and oxygen atoms in total. The summed E-state index contributed by atoms with van der Waals surface area (Å²) >= 11 is 0. The number of unbranched alkanes of at least 4 members (excludes halogenated alkanes) is 5. The lowest BCUT2D eigenvalue weighted by Gasteiger charge is -2.47. The van der Waals surface area contributed by atoms with Crippen molar-refractivity contribution in [1.82, 2.24) is 0 Å². The van der Waals surface area contributed by atoms with Gasteiger partial charge >= 0.3 is 11.9 Å². The Morgan fingerprint density at radius 1 is 0.625 bits per heavy atom. The first kappa shape index (κ1) is 35.1. The van der Waals surface area contributed by atoms with Crippen LogP contribution < -0.4 is 20.9 Å². The zero-order valence-corrected chi connectivity index (χ0v) is 29.7. The molecule has 0 amide bonds. The summed E-state index contributed by atoms with van der Waals surface area (Å²) in [6.45, 7) is 4.64. The Labute approximate surface area is 289 Å². The summed E-state index contributed by atoms with van der Waals surface area (Å²) in [5.41, 5.74) is 18.9. The fraction of sp³-hybridized carbons (Fsp3) is 0.667. The van der Waals surface area contributed by atoms with Crippen molar-refractivity contribution in [2.75, 3.05) is 0 Å². The molecule has 4 aliphatic rings. The third kappa shape index (κ3) is 7.70. The molecule has 0 saturated heterocycles. The molecule has 6 heteroatoms. The Bertz CT molecular complexity index is 1330. The van der Waals surface area contributed by atoms with Crippen LogP contribution in [0.2, 0.25) is 0 Å². The molecule has 6 rings (SSSR count). The third-order valence-corrected chi connectivity index (χ3v) is 12.9. The molecule has 2 saturated carbocycles. The van der Waals surface area contributed by atoms with Gasteiger partial charge in [0.1, 0.15) is 11.5 Å². The molecule has 2 fully saturated rings. The molecule has 0 radical (unpaired) electrons. The van der Waals surface area contributed by atoms with Crippen molar-refractivity contribution in [1.29, 1.82) is 0 Å². The number of rotatable bonds is 11. The van der Waals surface area contributed by atoms with E-state index in [9.17, 15) is 9.59 Å². The molecule has 4 aliphatic carbocycles. The monoisotopic (exact) mass is 656 g/mol. The Kier molecular flexibility index (Phi) is 11.3. The third-order valence-electron chi connectivity index (χ3n) is 12.9. The second-order valence-corrected chi connectivity index (χ2v) is 16.2. The molecular weight excluding hydrogens is 596 g/mol. The minimum atomic E-state index is -0.161. The fourth-order valence-electron chi connectivity index (χ4n) is 9.80. The first-order chi connectivity index (χ1) is 23.2. The van der Waals surface area contributed by atoms with Crippen molar-refractivity contribution in [2.24, 2.45) is 23.3 Å². The van der Waals surface area contributed by atoms with Gasteiger partial charge in [-0.25, -0.2) is 0 Å². The van der Waals surface area contributed by atoms with E-state index in [1.54, 1.807) is 0 Å². The maximum atomic E-state index is 12.7. The number of carbonyl (C=O) groups is 2. The molecule has 0 aliphatic heterocycles. The van der Waals surface area contributed by atoms with Crippen molar-refractivity contribution < 1.29 is 19.1 Å². The van der Waals surface area contributed by atoms with Crippen molar-refractivity contribution in [3.05, 3.63) is 58.7 Å². The molecule has 4 N–H and O–H groups in total. The maximum absolute atomic E-state index is 12.7. The molecule has 6 atom stereocenters. The molecule has 0 aromatic heterocycles. The highest BCUT2D eigenvalue weighted by atomic mass is 16.5. The molecule has 48 heavy (non-hydrogen) atoms. The van der Waals surface area contributed by atoms with Gasteiger partial charge in [-0.15, -0.1) is 0 Å². The van der Waals surface area contributed by atoms with Gasteiger partial charge in [0.25, 0.3) is 0 Å². The second kappa shape index (κ2) is 15.5. The Morgan fingerprint density at radius 3 is 1.48 bits per heavy atom. The minimum absolute atomic E-state index is 0.0513. The lowest BCUT2D eigenvalue weighted by atomic mass is 9.60. The van der Waals surface area contributed by atoms with Gasteiger partial charge in [-0.3, -0.25) is 9.59 Å². The van der Waals surface area contributed by atoms with E-state index in [0.717, 1.165) is 64.2 Å². The van der Waals surface area contributed by atoms with Crippen LogP contribution in [0.3, 0.4) is 0 Å². The summed E-state index contributed by atoms with van der Waals surface area (Å²) in [5, 5.41) is 0. The summed E-state index contributed by atoms with van der Waals surface area (Å²) in [5.74, 6) is 2.07.